The summed E-state index contributed by atoms with van der Waals surface area (Å²) in [5.41, 5.74) is 0.422. The molecule has 15 heavy (non-hydrogen) atoms. The van der Waals surface area contributed by atoms with Crippen molar-refractivity contribution in [2.45, 2.75) is 12.5 Å². The molecular weight excluding hydrogens is 188 g/mol. The minimum absolute atomic E-state index is 0.326. The van der Waals surface area contributed by atoms with Gasteiger partial charge in [-0.1, -0.05) is 36.9 Å². The van der Waals surface area contributed by atoms with Gasteiger partial charge in [0, 0.05) is 13.6 Å². The predicted molar refractivity (Wildman–Crippen MR) is 62.0 cm³/mol. The first-order valence-electron chi connectivity index (χ1n) is 4.86. The van der Waals surface area contributed by atoms with Crippen LogP contribution in [0, 0.1) is 0 Å². The molecule has 3 heteroatoms. The van der Waals surface area contributed by atoms with E-state index in [1.165, 1.54) is 5.01 Å². The highest BCUT2D eigenvalue weighted by Gasteiger charge is 2.30. The van der Waals surface area contributed by atoms with Crippen LogP contribution in [-0.4, -0.2) is 23.7 Å². The van der Waals surface area contributed by atoms with Crippen molar-refractivity contribution in [3.05, 3.63) is 48.0 Å². The molecule has 0 spiro atoms. The lowest BCUT2D eigenvalue weighted by atomic mass is 9.87. The van der Waals surface area contributed by atoms with Crippen molar-refractivity contribution in [2.24, 2.45) is 5.84 Å². The summed E-state index contributed by atoms with van der Waals surface area (Å²) in [6.45, 7) is 5.95. The number of benzene rings is 1. The standard InChI is InChI=1S/C12H18N2O/c1-10(2)12(15,9-14(3)13)11-7-5-4-6-8-11/h4-8,15H,1,9,13H2,2-3H3. The molecule has 1 rings (SSSR count). The van der Waals surface area contributed by atoms with E-state index in [9.17, 15) is 5.11 Å². The zero-order valence-electron chi connectivity index (χ0n) is 9.27. The Hall–Kier alpha value is -1.16. The predicted octanol–water partition coefficient (Wildman–Crippen LogP) is 1.26. The van der Waals surface area contributed by atoms with E-state index in [1.54, 1.807) is 14.0 Å². The highest BCUT2D eigenvalue weighted by Crippen LogP contribution is 2.28. The van der Waals surface area contributed by atoms with Crippen LogP contribution in [-0.2, 0) is 5.60 Å². The van der Waals surface area contributed by atoms with Crippen LogP contribution in [0.1, 0.15) is 12.5 Å². The Morgan fingerprint density at radius 1 is 1.47 bits per heavy atom. The van der Waals surface area contributed by atoms with Gasteiger partial charge in [0.25, 0.3) is 0 Å². The first kappa shape index (κ1) is 11.9. The number of hydrogen-bond acceptors (Lipinski definition) is 3. The molecule has 0 aromatic heterocycles. The molecule has 3 nitrogen and oxygen atoms in total. The lowest BCUT2D eigenvalue weighted by Crippen LogP contribution is -2.43. The summed E-state index contributed by atoms with van der Waals surface area (Å²) in [7, 11) is 1.72. The second-order valence-electron chi connectivity index (χ2n) is 3.92. The molecule has 82 valence electrons. The molecule has 0 bridgehead atoms. The molecule has 1 atom stereocenters. The molecule has 0 fully saturated rings. The molecule has 0 heterocycles. The van der Waals surface area contributed by atoms with Gasteiger partial charge in [0.2, 0.25) is 0 Å². The van der Waals surface area contributed by atoms with Crippen LogP contribution in [0.5, 0.6) is 0 Å². The molecule has 3 N–H and O–H groups in total. The minimum atomic E-state index is -1.08. The Kier molecular flexibility index (Phi) is 3.63. The van der Waals surface area contributed by atoms with Gasteiger partial charge in [0.1, 0.15) is 5.60 Å². The molecule has 0 aliphatic carbocycles. The average Bonchev–Trinajstić information content (AvgIpc) is 2.17. The van der Waals surface area contributed by atoms with Crippen molar-refractivity contribution < 1.29 is 5.11 Å². The van der Waals surface area contributed by atoms with E-state index in [-0.39, 0.29) is 0 Å². The lowest BCUT2D eigenvalue weighted by molar-refractivity contribution is 0.0406. The summed E-state index contributed by atoms with van der Waals surface area (Å²) in [5, 5.41) is 12.0. The zero-order chi connectivity index (χ0) is 11.5. The van der Waals surface area contributed by atoms with Gasteiger partial charge in [0.05, 0.1) is 0 Å². The number of hydrogen-bond donors (Lipinski definition) is 2. The Morgan fingerprint density at radius 3 is 2.40 bits per heavy atom. The van der Waals surface area contributed by atoms with Gasteiger partial charge in [-0.05, 0) is 18.1 Å². The number of hydrazine groups is 1. The van der Waals surface area contributed by atoms with Gasteiger partial charge >= 0.3 is 0 Å². The number of nitrogens with two attached hydrogens (primary N) is 1. The number of likely N-dealkylation sites (N-methyl/N-ethyl adjacent to an activating group) is 1. The number of rotatable bonds is 4. The normalized spacial score (nSPS) is 15.0. The van der Waals surface area contributed by atoms with Gasteiger partial charge in [-0.25, -0.2) is 5.01 Å². The highest BCUT2D eigenvalue weighted by atomic mass is 16.3. The zero-order valence-corrected chi connectivity index (χ0v) is 9.27. The molecule has 0 aliphatic rings. The van der Waals surface area contributed by atoms with Crippen LogP contribution in [0.2, 0.25) is 0 Å². The third-order valence-electron chi connectivity index (χ3n) is 2.44. The fourth-order valence-corrected chi connectivity index (χ4v) is 1.55. The SMILES string of the molecule is C=C(C)C(O)(CN(C)N)c1ccccc1. The molecule has 0 saturated carbocycles. The molecule has 0 saturated heterocycles. The molecule has 0 aliphatic heterocycles. The highest BCUT2D eigenvalue weighted by molar-refractivity contribution is 5.31. The fourth-order valence-electron chi connectivity index (χ4n) is 1.55. The summed E-state index contributed by atoms with van der Waals surface area (Å²) < 4.78 is 0. The lowest BCUT2D eigenvalue weighted by Gasteiger charge is -2.31. The second-order valence-corrected chi connectivity index (χ2v) is 3.92. The van der Waals surface area contributed by atoms with E-state index < -0.39 is 5.60 Å². The van der Waals surface area contributed by atoms with E-state index in [0.29, 0.717) is 12.1 Å². The molecule has 1 aromatic rings. The van der Waals surface area contributed by atoms with Crippen molar-refractivity contribution in [3.63, 3.8) is 0 Å². The molecule has 0 amide bonds. The Morgan fingerprint density at radius 2 is 2.00 bits per heavy atom. The van der Waals surface area contributed by atoms with Crippen molar-refractivity contribution in [1.82, 2.24) is 5.01 Å². The van der Waals surface area contributed by atoms with Crippen LogP contribution in [0.4, 0.5) is 0 Å². The summed E-state index contributed by atoms with van der Waals surface area (Å²) in [6.07, 6.45) is 0. The second kappa shape index (κ2) is 4.57. The van der Waals surface area contributed by atoms with Gasteiger partial charge in [-0.15, -0.1) is 0 Å². The van der Waals surface area contributed by atoms with Crippen LogP contribution >= 0.6 is 0 Å². The number of nitrogens with zero attached hydrogens (tertiary/aromatic N) is 1. The van der Waals surface area contributed by atoms with Crippen molar-refractivity contribution in [1.29, 1.82) is 0 Å². The molecule has 1 aromatic carbocycles. The van der Waals surface area contributed by atoms with Crippen molar-refractivity contribution >= 4 is 0 Å². The van der Waals surface area contributed by atoms with Gasteiger partial charge < -0.3 is 5.11 Å². The average molecular weight is 206 g/mol. The molecule has 1 unspecified atom stereocenters. The van der Waals surface area contributed by atoms with Gasteiger partial charge in [-0.3, -0.25) is 5.84 Å². The summed E-state index contributed by atoms with van der Waals surface area (Å²) in [6, 6.07) is 9.43. The maximum atomic E-state index is 10.5. The third kappa shape index (κ3) is 2.65. The number of aliphatic hydroxyl groups is 1. The van der Waals surface area contributed by atoms with Gasteiger partial charge in [-0.2, -0.15) is 0 Å². The van der Waals surface area contributed by atoms with E-state index in [1.807, 2.05) is 30.3 Å². The van der Waals surface area contributed by atoms with Crippen LogP contribution in [0.25, 0.3) is 0 Å². The quantitative estimate of drug-likeness (QED) is 0.443. The summed E-state index contributed by atoms with van der Waals surface area (Å²) >= 11 is 0. The smallest absolute Gasteiger partial charge is 0.124 e. The summed E-state index contributed by atoms with van der Waals surface area (Å²) in [4.78, 5) is 0. The van der Waals surface area contributed by atoms with E-state index in [0.717, 1.165) is 5.56 Å². The Labute approximate surface area is 90.8 Å². The minimum Gasteiger partial charge on any atom is -0.379 e. The van der Waals surface area contributed by atoms with Crippen LogP contribution in [0.15, 0.2) is 42.5 Å². The first-order valence-corrected chi connectivity index (χ1v) is 4.86. The van der Waals surface area contributed by atoms with Crippen LogP contribution in [0.3, 0.4) is 0 Å². The van der Waals surface area contributed by atoms with Gasteiger partial charge in [0.15, 0.2) is 0 Å². The van der Waals surface area contributed by atoms with E-state index in [4.69, 9.17) is 5.84 Å². The van der Waals surface area contributed by atoms with Crippen LogP contribution < -0.4 is 5.84 Å². The van der Waals surface area contributed by atoms with Crippen molar-refractivity contribution in [2.75, 3.05) is 13.6 Å². The largest absolute Gasteiger partial charge is 0.379 e. The Balaban J connectivity index is 3.07. The fraction of sp³-hybridized carbons (Fsp3) is 0.333. The summed E-state index contributed by atoms with van der Waals surface area (Å²) in [5.74, 6) is 5.59. The first-order chi connectivity index (χ1) is 6.97. The topological polar surface area (TPSA) is 49.5 Å². The molecule has 0 radical (unpaired) electrons. The molecular formula is C12H18N2O. The van der Waals surface area contributed by atoms with Crippen molar-refractivity contribution in [3.8, 4) is 0 Å². The Bertz CT molecular complexity index is 335. The van der Waals surface area contributed by atoms with E-state index in [2.05, 4.69) is 6.58 Å². The third-order valence-corrected chi connectivity index (χ3v) is 2.44. The van der Waals surface area contributed by atoms with E-state index >= 15 is 0 Å². The maximum Gasteiger partial charge on any atom is 0.124 e. The monoisotopic (exact) mass is 206 g/mol. The maximum absolute atomic E-state index is 10.5.